The van der Waals surface area contributed by atoms with Crippen LogP contribution in [0, 0.1) is 6.92 Å². The van der Waals surface area contributed by atoms with Crippen molar-refractivity contribution in [3.8, 4) is 0 Å². The van der Waals surface area contributed by atoms with E-state index in [-0.39, 0.29) is 11.5 Å². The number of Topliss-reactive ketones (excluding diaryl/α,β-unsaturated/α-hetero) is 1. The number of aryl methyl sites for hydroxylation is 1. The second kappa shape index (κ2) is 10.00. The number of ketones is 1. The summed E-state index contributed by atoms with van der Waals surface area (Å²) in [5, 5.41) is 5.46. The number of hydrogen-bond acceptors (Lipinski definition) is 3. The third-order valence-electron chi connectivity index (χ3n) is 4.51. The van der Waals surface area contributed by atoms with Gasteiger partial charge >= 0.3 is 0 Å². The molecule has 3 rings (SSSR count). The predicted octanol–water partition coefficient (Wildman–Crippen LogP) is 5.37. The molecule has 5 nitrogen and oxygen atoms in total. The maximum absolute atomic E-state index is 13.0. The third kappa shape index (κ3) is 6.23. The Bertz CT molecular complexity index is 1150. The van der Waals surface area contributed by atoms with E-state index < -0.39 is 11.8 Å². The van der Waals surface area contributed by atoms with Crippen LogP contribution in [0.5, 0.6) is 0 Å². The second-order valence-electron chi connectivity index (χ2n) is 7.02. The Kier molecular flexibility index (Phi) is 7.15. The summed E-state index contributed by atoms with van der Waals surface area (Å²) in [5.41, 5.74) is 3.25. The highest BCUT2D eigenvalue weighted by molar-refractivity contribution is 9.10. The average Bonchev–Trinajstić information content (AvgIpc) is 2.75. The molecule has 0 bridgehead atoms. The molecule has 0 aromatic heterocycles. The van der Waals surface area contributed by atoms with Crippen molar-refractivity contribution >= 4 is 45.3 Å². The molecule has 0 radical (unpaired) electrons. The van der Waals surface area contributed by atoms with Gasteiger partial charge in [0, 0.05) is 21.3 Å². The van der Waals surface area contributed by atoms with Crippen molar-refractivity contribution in [1.29, 1.82) is 0 Å². The average molecular weight is 477 g/mol. The Morgan fingerprint density at radius 1 is 0.871 bits per heavy atom. The molecule has 0 heterocycles. The van der Waals surface area contributed by atoms with Gasteiger partial charge in [0.15, 0.2) is 5.78 Å². The highest BCUT2D eigenvalue weighted by Crippen LogP contribution is 2.16. The van der Waals surface area contributed by atoms with Crippen molar-refractivity contribution in [1.82, 2.24) is 5.32 Å². The topological polar surface area (TPSA) is 75.3 Å². The van der Waals surface area contributed by atoms with Crippen LogP contribution in [0.15, 0.2) is 83.0 Å². The molecule has 0 aliphatic rings. The number of carbonyl (C=O) groups excluding carboxylic acids is 3. The minimum Gasteiger partial charge on any atom is -0.321 e. The SMILES string of the molecule is CC(=O)c1cccc(NC(=O)/C(=C/c2ccc(Br)cc2)NC(=O)c2ccc(C)cc2)c1. The van der Waals surface area contributed by atoms with Gasteiger partial charge in [0.25, 0.3) is 11.8 Å². The van der Waals surface area contributed by atoms with Crippen molar-refractivity contribution in [2.75, 3.05) is 5.32 Å². The molecule has 0 unspecified atom stereocenters. The van der Waals surface area contributed by atoms with Crippen molar-refractivity contribution < 1.29 is 14.4 Å². The summed E-state index contributed by atoms with van der Waals surface area (Å²) in [6, 6.07) is 21.1. The summed E-state index contributed by atoms with van der Waals surface area (Å²) in [4.78, 5) is 37.4. The quantitative estimate of drug-likeness (QED) is 0.370. The van der Waals surface area contributed by atoms with Crippen LogP contribution >= 0.6 is 15.9 Å². The molecule has 156 valence electrons. The number of halogens is 1. The van der Waals surface area contributed by atoms with Crippen LogP contribution in [0.25, 0.3) is 6.08 Å². The fourth-order valence-corrected chi connectivity index (χ4v) is 3.06. The number of nitrogens with one attached hydrogen (secondary N) is 2. The zero-order valence-corrected chi connectivity index (χ0v) is 18.7. The van der Waals surface area contributed by atoms with E-state index in [9.17, 15) is 14.4 Å². The highest BCUT2D eigenvalue weighted by Gasteiger charge is 2.15. The molecule has 0 saturated carbocycles. The Morgan fingerprint density at radius 2 is 1.55 bits per heavy atom. The van der Waals surface area contributed by atoms with Crippen LogP contribution in [0.4, 0.5) is 5.69 Å². The molecule has 0 aliphatic carbocycles. The summed E-state index contributed by atoms with van der Waals surface area (Å²) in [6.45, 7) is 3.39. The molecule has 2 amide bonds. The first-order chi connectivity index (χ1) is 14.8. The molecular weight excluding hydrogens is 456 g/mol. The molecule has 3 aromatic carbocycles. The van der Waals surface area contributed by atoms with Crippen LogP contribution < -0.4 is 10.6 Å². The molecule has 0 atom stereocenters. The Morgan fingerprint density at radius 3 is 2.19 bits per heavy atom. The van der Waals surface area contributed by atoms with Gasteiger partial charge in [0.05, 0.1) is 0 Å². The van der Waals surface area contributed by atoms with Gasteiger partial charge in [-0.05, 0) is 61.9 Å². The fraction of sp³-hybridized carbons (Fsp3) is 0.0800. The number of amides is 2. The van der Waals surface area contributed by atoms with Crippen LogP contribution in [0.2, 0.25) is 0 Å². The number of carbonyl (C=O) groups is 3. The Balaban J connectivity index is 1.89. The zero-order chi connectivity index (χ0) is 22.4. The van der Waals surface area contributed by atoms with Crippen molar-refractivity contribution in [3.05, 3.63) is 105 Å². The van der Waals surface area contributed by atoms with Gasteiger partial charge < -0.3 is 10.6 Å². The number of benzene rings is 3. The smallest absolute Gasteiger partial charge is 0.272 e. The van der Waals surface area contributed by atoms with Gasteiger partial charge in [-0.3, -0.25) is 14.4 Å². The van der Waals surface area contributed by atoms with E-state index >= 15 is 0 Å². The lowest BCUT2D eigenvalue weighted by Gasteiger charge is -2.12. The maximum atomic E-state index is 13.0. The van der Waals surface area contributed by atoms with Crippen molar-refractivity contribution in [2.45, 2.75) is 13.8 Å². The summed E-state index contributed by atoms with van der Waals surface area (Å²) in [5.74, 6) is -0.991. The summed E-state index contributed by atoms with van der Waals surface area (Å²) < 4.78 is 0.903. The first-order valence-electron chi connectivity index (χ1n) is 9.59. The molecular formula is C25H21BrN2O3. The standard InChI is InChI=1S/C25H21BrN2O3/c1-16-6-10-19(11-7-16)24(30)28-23(14-18-8-12-21(26)13-9-18)25(31)27-22-5-3-4-20(15-22)17(2)29/h3-15H,1-2H3,(H,27,31)(H,28,30)/b23-14-. The van der Waals surface area contributed by atoms with Gasteiger partial charge in [-0.2, -0.15) is 0 Å². The van der Waals surface area contributed by atoms with E-state index in [2.05, 4.69) is 26.6 Å². The van der Waals surface area contributed by atoms with Crippen LogP contribution in [-0.4, -0.2) is 17.6 Å². The molecule has 0 spiro atoms. The van der Waals surface area contributed by atoms with Gasteiger partial charge in [-0.15, -0.1) is 0 Å². The van der Waals surface area contributed by atoms with E-state index in [0.717, 1.165) is 15.6 Å². The van der Waals surface area contributed by atoms with E-state index in [1.807, 2.05) is 43.3 Å². The third-order valence-corrected chi connectivity index (χ3v) is 5.04. The highest BCUT2D eigenvalue weighted by atomic mass is 79.9. The summed E-state index contributed by atoms with van der Waals surface area (Å²) >= 11 is 3.38. The fourth-order valence-electron chi connectivity index (χ4n) is 2.80. The largest absolute Gasteiger partial charge is 0.321 e. The molecule has 0 fully saturated rings. The van der Waals surface area contributed by atoms with Crippen molar-refractivity contribution in [3.63, 3.8) is 0 Å². The van der Waals surface area contributed by atoms with Crippen LogP contribution in [0.3, 0.4) is 0 Å². The number of rotatable bonds is 6. The van der Waals surface area contributed by atoms with Gasteiger partial charge in [-0.25, -0.2) is 0 Å². The normalized spacial score (nSPS) is 11.0. The molecule has 2 N–H and O–H groups in total. The Labute approximate surface area is 189 Å². The van der Waals surface area contributed by atoms with E-state index in [0.29, 0.717) is 16.8 Å². The van der Waals surface area contributed by atoms with Crippen LogP contribution in [0.1, 0.15) is 38.8 Å². The zero-order valence-electron chi connectivity index (χ0n) is 17.1. The van der Waals surface area contributed by atoms with Crippen molar-refractivity contribution in [2.24, 2.45) is 0 Å². The van der Waals surface area contributed by atoms with Gasteiger partial charge in [0.2, 0.25) is 0 Å². The molecule has 31 heavy (non-hydrogen) atoms. The lowest BCUT2D eigenvalue weighted by atomic mass is 10.1. The molecule has 0 saturated heterocycles. The van der Waals surface area contributed by atoms with E-state index in [1.165, 1.54) is 6.92 Å². The Hall–Kier alpha value is -3.51. The molecule has 6 heteroatoms. The monoisotopic (exact) mass is 476 g/mol. The summed E-state index contributed by atoms with van der Waals surface area (Å²) in [6.07, 6.45) is 1.60. The first-order valence-corrected chi connectivity index (χ1v) is 10.4. The second-order valence-corrected chi connectivity index (χ2v) is 7.94. The minimum absolute atomic E-state index is 0.0844. The first kappa shape index (κ1) is 22.2. The van der Waals surface area contributed by atoms with E-state index in [4.69, 9.17) is 0 Å². The van der Waals surface area contributed by atoms with Crippen LogP contribution in [-0.2, 0) is 4.79 Å². The number of hydrogen-bond donors (Lipinski definition) is 2. The van der Waals surface area contributed by atoms with E-state index in [1.54, 1.807) is 42.5 Å². The lowest BCUT2D eigenvalue weighted by Crippen LogP contribution is -2.30. The summed E-state index contributed by atoms with van der Waals surface area (Å²) in [7, 11) is 0. The number of anilines is 1. The maximum Gasteiger partial charge on any atom is 0.272 e. The van der Waals surface area contributed by atoms with Gasteiger partial charge in [0.1, 0.15) is 5.70 Å². The predicted molar refractivity (Wildman–Crippen MR) is 126 cm³/mol. The molecule has 3 aromatic rings. The minimum atomic E-state index is -0.496. The molecule has 0 aliphatic heterocycles. The van der Waals surface area contributed by atoms with Gasteiger partial charge in [-0.1, -0.05) is 57.9 Å². The lowest BCUT2D eigenvalue weighted by molar-refractivity contribution is -0.113.